The maximum Gasteiger partial charge on any atom is 0.200 e. The van der Waals surface area contributed by atoms with E-state index in [1.165, 1.54) is 23.3 Å². The fraction of sp³-hybridized carbons (Fsp3) is 0.333. The van der Waals surface area contributed by atoms with Crippen molar-refractivity contribution in [3.05, 3.63) is 10.7 Å². The highest BCUT2D eigenvalue weighted by Crippen LogP contribution is 2.14. The number of thioether (sulfide) groups is 1. The number of hydrogen-bond donors (Lipinski definition) is 1. The highest BCUT2D eigenvalue weighted by atomic mass is 32.2. The van der Waals surface area contributed by atoms with E-state index in [9.17, 15) is 0 Å². The van der Waals surface area contributed by atoms with Gasteiger partial charge in [-0.25, -0.2) is 4.98 Å². The summed E-state index contributed by atoms with van der Waals surface area (Å²) in [6, 6.07) is 0. The lowest BCUT2D eigenvalue weighted by Crippen LogP contribution is -1.88. The molecule has 1 rings (SSSR count). The number of rotatable bonds is 2. The van der Waals surface area contributed by atoms with E-state index in [4.69, 9.17) is 5.73 Å². The molecule has 3 nitrogen and oxygen atoms in total. The number of aromatic nitrogens is 2. The molecule has 60 valence electrons. The Morgan fingerprint density at radius 1 is 1.73 bits per heavy atom. The van der Waals surface area contributed by atoms with Crippen LogP contribution in [-0.4, -0.2) is 15.6 Å². The second-order valence-corrected chi connectivity index (χ2v) is 3.56. The van der Waals surface area contributed by atoms with Gasteiger partial charge in [0.25, 0.3) is 0 Å². The highest BCUT2D eigenvalue weighted by molar-refractivity contribution is 7.98. The van der Waals surface area contributed by atoms with E-state index in [2.05, 4.69) is 9.36 Å². The van der Waals surface area contributed by atoms with E-state index in [1.807, 2.05) is 19.3 Å². The maximum absolute atomic E-state index is 5.47. The second kappa shape index (κ2) is 3.73. The summed E-state index contributed by atoms with van der Waals surface area (Å²) in [6.45, 7) is 1.83. The fourth-order valence-corrected chi connectivity index (χ4v) is 1.79. The van der Waals surface area contributed by atoms with E-state index >= 15 is 0 Å². The number of nitrogens with two attached hydrogens (primary N) is 1. The first-order valence-corrected chi connectivity index (χ1v) is 5.03. The topological polar surface area (TPSA) is 51.8 Å². The fourth-order valence-electron chi connectivity index (χ4n) is 0.557. The summed E-state index contributed by atoms with van der Waals surface area (Å²) in [4.78, 5) is 4.18. The molecule has 0 radical (unpaired) electrons. The zero-order valence-electron chi connectivity index (χ0n) is 6.37. The Labute approximate surface area is 73.9 Å². The Balaban J connectivity index is 2.81. The molecule has 1 heterocycles. The maximum atomic E-state index is 5.47. The van der Waals surface area contributed by atoms with Crippen molar-refractivity contribution in [1.82, 2.24) is 9.36 Å². The van der Waals surface area contributed by atoms with Crippen LogP contribution < -0.4 is 5.73 Å². The Bertz CT molecular complexity index is 263. The Hall–Kier alpha value is -0.550. The summed E-state index contributed by atoms with van der Waals surface area (Å²) in [6.07, 6.45) is 3.77. The summed E-state index contributed by atoms with van der Waals surface area (Å²) in [5.41, 5.74) is 6.23. The minimum atomic E-state index is 0.758. The van der Waals surface area contributed by atoms with Crippen LogP contribution in [-0.2, 0) is 0 Å². The number of allylic oxidation sites excluding steroid dienone is 1. The van der Waals surface area contributed by atoms with Crippen molar-refractivity contribution >= 4 is 29.4 Å². The van der Waals surface area contributed by atoms with Gasteiger partial charge in [0.2, 0.25) is 0 Å². The zero-order valence-corrected chi connectivity index (χ0v) is 8.00. The predicted octanol–water partition coefficient (Wildman–Crippen LogP) is 1.58. The standard InChI is InChI=1S/C6H9N3S2/c1-4(7)3-5-8-6(10-2)9-11-5/h3H,7H2,1-2H3. The van der Waals surface area contributed by atoms with E-state index in [1.54, 1.807) is 0 Å². The van der Waals surface area contributed by atoms with Gasteiger partial charge in [0, 0.05) is 5.70 Å². The van der Waals surface area contributed by atoms with E-state index in [0.29, 0.717) is 0 Å². The summed E-state index contributed by atoms with van der Waals surface area (Å²) in [7, 11) is 0. The second-order valence-electron chi connectivity index (χ2n) is 2.01. The monoisotopic (exact) mass is 187 g/mol. The first-order valence-electron chi connectivity index (χ1n) is 3.04. The minimum Gasteiger partial charge on any atom is -0.402 e. The van der Waals surface area contributed by atoms with Crippen LogP contribution in [0.15, 0.2) is 10.9 Å². The smallest absolute Gasteiger partial charge is 0.200 e. The summed E-state index contributed by atoms with van der Waals surface area (Å²) < 4.78 is 4.08. The quantitative estimate of drug-likeness (QED) is 0.714. The molecular weight excluding hydrogens is 178 g/mol. The average Bonchev–Trinajstić information content (AvgIpc) is 2.34. The SMILES string of the molecule is CSc1nsc(C=C(C)N)n1. The molecule has 2 N–H and O–H groups in total. The lowest BCUT2D eigenvalue weighted by molar-refractivity contribution is 1.07. The van der Waals surface area contributed by atoms with Crippen LogP contribution in [0.1, 0.15) is 11.9 Å². The summed E-state index contributed by atoms with van der Waals surface area (Å²) in [5, 5.41) is 1.68. The zero-order chi connectivity index (χ0) is 8.27. The predicted molar refractivity (Wildman–Crippen MR) is 49.5 cm³/mol. The lowest BCUT2D eigenvalue weighted by Gasteiger charge is -1.84. The van der Waals surface area contributed by atoms with E-state index in [0.717, 1.165) is 15.9 Å². The summed E-state index contributed by atoms with van der Waals surface area (Å²) in [5.74, 6) is 0. The average molecular weight is 187 g/mol. The van der Waals surface area contributed by atoms with Crippen molar-refractivity contribution in [1.29, 1.82) is 0 Å². The van der Waals surface area contributed by atoms with Crippen molar-refractivity contribution in [2.75, 3.05) is 6.26 Å². The molecule has 0 aliphatic rings. The van der Waals surface area contributed by atoms with Crippen molar-refractivity contribution < 1.29 is 0 Å². The van der Waals surface area contributed by atoms with Crippen molar-refractivity contribution in [3.63, 3.8) is 0 Å². The van der Waals surface area contributed by atoms with E-state index in [-0.39, 0.29) is 0 Å². The molecule has 0 saturated heterocycles. The Kier molecular flexibility index (Phi) is 2.90. The van der Waals surface area contributed by atoms with Gasteiger partial charge in [-0.3, -0.25) is 0 Å². The van der Waals surface area contributed by atoms with Gasteiger partial charge < -0.3 is 5.73 Å². The van der Waals surface area contributed by atoms with Gasteiger partial charge in [-0.05, 0) is 30.8 Å². The van der Waals surface area contributed by atoms with Crippen LogP contribution in [0.5, 0.6) is 0 Å². The normalized spacial score (nSPS) is 12.0. The van der Waals surface area contributed by atoms with Crippen molar-refractivity contribution in [3.8, 4) is 0 Å². The van der Waals surface area contributed by atoms with Crippen LogP contribution in [0.3, 0.4) is 0 Å². The van der Waals surface area contributed by atoms with Crippen LogP contribution >= 0.6 is 23.3 Å². The molecule has 0 atom stereocenters. The molecule has 11 heavy (non-hydrogen) atoms. The molecule has 0 saturated carbocycles. The third kappa shape index (κ3) is 2.51. The molecule has 0 fully saturated rings. The molecule has 5 heteroatoms. The Morgan fingerprint density at radius 3 is 2.91 bits per heavy atom. The van der Waals surface area contributed by atoms with Crippen LogP contribution in [0.2, 0.25) is 0 Å². The van der Waals surface area contributed by atoms with E-state index < -0.39 is 0 Å². The largest absolute Gasteiger partial charge is 0.402 e. The number of hydrogen-bond acceptors (Lipinski definition) is 5. The molecule has 0 aliphatic carbocycles. The molecule has 1 aromatic heterocycles. The van der Waals surface area contributed by atoms with Gasteiger partial charge in [-0.1, -0.05) is 11.8 Å². The Morgan fingerprint density at radius 2 is 2.45 bits per heavy atom. The van der Waals surface area contributed by atoms with Gasteiger partial charge in [0.05, 0.1) is 0 Å². The third-order valence-corrected chi connectivity index (χ3v) is 2.28. The highest BCUT2D eigenvalue weighted by Gasteiger charge is 1.98. The molecule has 1 aromatic rings. The molecule has 0 amide bonds. The molecule has 0 bridgehead atoms. The van der Waals surface area contributed by atoms with Crippen molar-refractivity contribution in [2.24, 2.45) is 5.73 Å². The van der Waals surface area contributed by atoms with Crippen LogP contribution in [0.25, 0.3) is 6.08 Å². The van der Waals surface area contributed by atoms with Gasteiger partial charge in [0.1, 0.15) is 5.01 Å². The molecule has 0 unspecified atom stereocenters. The summed E-state index contributed by atoms with van der Waals surface area (Å²) >= 11 is 2.90. The lowest BCUT2D eigenvalue weighted by atomic mass is 10.5. The molecule has 0 aliphatic heterocycles. The van der Waals surface area contributed by atoms with Gasteiger partial charge in [-0.15, -0.1) is 0 Å². The first-order chi connectivity index (χ1) is 5.22. The molecule has 0 aromatic carbocycles. The van der Waals surface area contributed by atoms with Crippen molar-refractivity contribution in [2.45, 2.75) is 12.1 Å². The van der Waals surface area contributed by atoms with Gasteiger partial charge >= 0.3 is 0 Å². The first kappa shape index (κ1) is 8.55. The van der Waals surface area contributed by atoms with Gasteiger partial charge in [-0.2, -0.15) is 4.37 Å². The molecular formula is C6H9N3S2. The molecule has 0 spiro atoms. The minimum absolute atomic E-state index is 0.758. The third-order valence-electron chi connectivity index (χ3n) is 0.957. The van der Waals surface area contributed by atoms with Crippen LogP contribution in [0.4, 0.5) is 0 Å². The number of nitrogens with zero attached hydrogens (tertiary/aromatic N) is 2. The van der Waals surface area contributed by atoms with Gasteiger partial charge in [0.15, 0.2) is 5.16 Å². The van der Waals surface area contributed by atoms with Crippen LogP contribution in [0, 0.1) is 0 Å².